The van der Waals surface area contributed by atoms with Gasteiger partial charge < -0.3 is 9.47 Å². The first-order valence-electron chi connectivity index (χ1n) is 13.2. The van der Waals surface area contributed by atoms with Crippen LogP contribution in [0, 0.1) is 17.8 Å². The monoisotopic (exact) mass is 444 g/mol. The molecule has 0 spiro atoms. The standard InChI is InChI=1S/C30H52O2/c1-22(2)11-10-12-25(5)21-28(31-29(6,7)26-17-13-23(3)14-18-26)32-30(8,9)27-19-15-24(4)16-20-27/h11,13,15,25-28H,10,12,14,16-21H2,1-9H3/t25-,26+,27+/m1/s1. The molecule has 0 N–H and O–H groups in total. The molecule has 0 radical (unpaired) electrons. The number of hydrogen-bond acceptors (Lipinski definition) is 2. The summed E-state index contributed by atoms with van der Waals surface area (Å²) in [6.07, 6.45) is 17.4. The number of hydrogen-bond donors (Lipinski definition) is 0. The van der Waals surface area contributed by atoms with Crippen LogP contribution >= 0.6 is 0 Å². The van der Waals surface area contributed by atoms with Gasteiger partial charge in [0.2, 0.25) is 0 Å². The van der Waals surface area contributed by atoms with Gasteiger partial charge in [0, 0.05) is 6.42 Å². The van der Waals surface area contributed by atoms with Crippen LogP contribution in [0.2, 0.25) is 0 Å². The molecular formula is C30H52O2. The molecule has 0 aromatic carbocycles. The number of ether oxygens (including phenoxy) is 2. The van der Waals surface area contributed by atoms with E-state index in [1.807, 2.05) is 0 Å². The zero-order chi connectivity index (χ0) is 23.9. The molecule has 0 aromatic heterocycles. The zero-order valence-corrected chi connectivity index (χ0v) is 22.7. The molecule has 184 valence electrons. The molecule has 2 aliphatic carbocycles. The van der Waals surface area contributed by atoms with E-state index in [2.05, 4.69) is 80.5 Å². The van der Waals surface area contributed by atoms with Crippen LogP contribution < -0.4 is 0 Å². The molecule has 0 heterocycles. The van der Waals surface area contributed by atoms with Crippen molar-refractivity contribution in [3.63, 3.8) is 0 Å². The zero-order valence-electron chi connectivity index (χ0n) is 22.7. The second-order valence-electron chi connectivity index (χ2n) is 12.1. The van der Waals surface area contributed by atoms with E-state index in [1.165, 1.54) is 48.8 Å². The number of allylic oxidation sites excluding steroid dienone is 6. The van der Waals surface area contributed by atoms with Gasteiger partial charge in [-0.05, 0) is 125 Å². The summed E-state index contributed by atoms with van der Waals surface area (Å²) >= 11 is 0. The van der Waals surface area contributed by atoms with Crippen molar-refractivity contribution in [3.05, 3.63) is 34.9 Å². The fourth-order valence-electron chi connectivity index (χ4n) is 5.29. The highest BCUT2D eigenvalue weighted by molar-refractivity contribution is 5.06. The van der Waals surface area contributed by atoms with E-state index in [1.54, 1.807) is 0 Å². The first kappa shape index (κ1) is 27.4. The van der Waals surface area contributed by atoms with E-state index < -0.39 is 0 Å². The van der Waals surface area contributed by atoms with E-state index in [9.17, 15) is 0 Å². The van der Waals surface area contributed by atoms with Crippen LogP contribution in [0.5, 0.6) is 0 Å². The highest BCUT2D eigenvalue weighted by Crippen LogP contribution is 2.39. The van der Waals surface area contributed by atoms with Crippen LogP contribution in [0.25, 0.3) is 0 Å². The third kappa shape index (κ3) is 8.82. The summed E-state index contributed by atoms with van der Waals surface area (Å²) in [6.45, 7) is 20.4. The summed E-state index contributed by atoms with van der Waals surface area (Å²) in [6, 6.07) is 0. The Labute approximate surface area is 199 Å². The Kier molecular flexibility index (Phi) is 10.3. The van der Waals surface area contributed by atoms with Gasteiger partial charge in [0.15, 0.2) is 6.29 Å². The van der Waals surface area contributed by atoms with Crippen molar-refractivity contribution in [1.29, 1.82) is 0 Å². The first-order chi connectivity index (χ1) is 14.9. The van der Waals surface area contributed by atoms with E-state index >= 15 is 0 Å². The molecule has 32 heavy (non-hydrogen) atoms. The summed E-state index contributed by atoms with van der Waals surface area (Å²) < 4.78 is 13.8. The second kappa shape index (κ2) is 12.0. The van der Waals surface area contributed by atoms with Crippen LogP contribution in [0.4, 0.5) is 0 Å². The largest absolute Gasteiger partial charge is 0.346 e. The SMILES string of the molecule is CC(C)=CCC[C@@H](C)CC(OC(C)(C)[C@H]1CC=C(C)CC1)OC(C)(C)[C@H]1CC=C(C)CC1. The third-order valence-corrected chi connectivity index (χ3v) is 7.92. The predicted octanol–water partition coefficient (Wildman–Crippen LogP) is 9.17. The lowest BCUT2D eigenvalue weighted by molar-refractivity contribution is -0.268. The maximum Gasteiger partial charge on any atom is 0.159 e. The summed E-state index contributed by atoms with van der Waals surface area (Å²) in [5.74, 6) is 1.69. The van der Waals surface area contributed by atoms with Gasteiger partial charge in [0.25, 0.3) is 0 Å². The van der Waals surface area contributed by atoms with Crippen molar-refractivity contribution in [2.45, 2.75) is 138 Å². The van der Waals surface area contributed by atoms with Crippen molar-refractivity contribution in [3.8, 4) is 0 Å². The molecule has 0 saturated heterocycles. The molecule has 3 atom stereocenters. The summed E-state index contributed by atoms with van der Waals surface area (Å²) in [5, 5.41) is 0. The van der Waals surface area contributed by atoms with Crippen LogP contribution in [0.3, 0.4) is 0 Å². The van der Waals surface area contributed by atoms with E-state index in [4.69, 9.17) is 9.47 Å². The third-order valence-electron chi connectivity index (χ3n) is 7.92. The molecular weight excluding hydrogens is 392 g/mol. The molecule has 2 aliphatic rings. The van der Waals surface area contributed by atoms with Gasteiger partial charge in [0.1, 0.15) is 0 Å². The molecule has 0 aliphatic heterocycles. The van der Waals surface area contributed by atoms with Crippen LogP contribution in [0.1, 0.15) is 120 Å². The van der Waals surface area contributed by atoms with Gasteiger partial charge in [-0.1, -0.05) is 41.9 Å². The highest BCUT2D eigenvalue weighted by atomic mass is 16.7. The minimum absolute atomic E-state index is 0.152. The molecule has 0 unspecified atom stereocenters. The van der Waals surface area contributed by atoms with Gasteiger partial charge in [0.05, 0.1) is 11.2 Å². The lowest BCUT2D eigenvalue weighted by Crippen LogP contribution is -2.45. The molecule has 2 nitrogen and oxygen atoms in total. The van der Waals surface area contributed by atoms with E-state index in [0.717, 1.165) is 25.7 Å². The van der Waals surface area contributed by atoms with E-state index in [0.29, 0.717) is 17.8 Å². The smallest absolute Gasteiger partial charge is 0.159 e. The van der Waals surface area contributed by atoms with Gasteiger partial charge in [-0.15, -0.1) is 0 Å². The average Bonchev–Trinajstić information content (AvgIpc) is 2.67. The van der Waals surface area contributed by atoms with Crippen molar-refractivity contribution in [2.75, 3.05) is 0 Å². The Morgan fingerprint density at radius 3 is 1.78 bits per heavy atom. The van der Waals surface area contributed by atoms with Crippen LogP contribution in [0.15, 0.2) is 34.9 Å². The second-order valence-corrected chi connectivity index (χ2v) is 12.1. The molecule has 2 rings (SSSR count). The fourth-order valence-corrected chi connectivity index (χ4v) is 5.29. The van der Waals surface area contributed by atoms with Crippen molar-refractivity contribution >= 4 is 0 Å². The van der Waals surface area contributed by atoms with Crippen molar-refractivity contribution in [2.24, 2.45) is 17.8 Å². The normalized spacial score (nSPS) is 23.6. The molecule has 0 bridgehead atoms. The van der Waals surface area contributed by atoms with Gasteiger partial charge in [-0.25, -0.2) is 0 Å². The fraction of sp³-hybridized carbons (Fsp3) is 0.800. The quantitative estimate of drug-likeness (QED) is 0.233. The van der Waals surface area contributed by atoms with Crippen LogP contribution in [-0.2, 0) is 9.47 Å². The lowest BCUT2D eigenvalue weighted by atomic mass is 9.79. The first-order valence-corrected chi connectivity index (χ1v) is 13.2. The van der Waals surface area contributed by atoms with Crippen LogP contribution in [-0.4, -0.2) is 17.5 Å². The Hall–Kier alpha value is -0.860. The Morgan fingerprint density at radius 2 is 1.41 bits per heavy atom. The van der Waals surface area contributed by atoms with Gasteiger partial charge >= 0.3 is 0 Å². The maximum atomic E-state index is 6.88. The molecule has 0 saturated carbocycles. The highest BCUT2D eigenvalue weighted by Gasteiger charge is 2.38. The Bertz CT molecular complexity index is 631. The predicted molar refractivity (Wildman–Crippen MR) is 139 cm³/mol. The molecule has 0 fully saturated rings. The van der Waals surface area contributed by atoms with Gasteiger partial charge in [-0.3, -0.25) is 0 Å². The average molecular weight is 445 g/mol. The van der Waals surface area contributed by atoms with Crippen molar-refractivity contribution < 1.29 is 9.47 Å². The summed E-state index contributed by atoms with van der Waals surface area (Å²) in [7, 11) is 0. The Balaban J connectivity index is 2.10. The van der Waals surface area contributed by atoms with Gasteiger partial charge in [-0.2, -0.15) is 0 Å². The Morgan fingerprint density at radius 1 is 0.938 bits per heavy atom. The molecule has 0 amide bonds. The minimum atomic E-state index is -0.180. The van der Waals surface area contributed by atoms with Crippen molar-refractivity contribution in [1.82, 2.24) is 0 Å². The molecule has 2 heteroatoms. The topological polar surface area (TPSA) is 18.5 Å². The lowest BCUT2D eigenvalue weighted by Gasteiger charge is -2.44. The van der Waals surface area contributed by atoms with E-state index in [-0.39, 0.29) is 17.5 Å². The maximum absolute atomic E-state index is 6.88. The minimum Gasteiger partial charge on any atom is -0.346 e. The summed E-state index contributed by atoms with van der Waals surface area (Å²) in [4.78, 5) is 0. The molecule has 0 aromatic rings. The summed E-state index contributed by atoms with van der Waals surface area (Å²) in [5.41, 5.74) is 4.10. The number of rotatable bonds is 11.